The Kier molecular flexibility index (Phi) is 3.09. The quantitative estimate of drug-likeness (QED) is 0.643. The first-order valence-corrected chi connectivity index (χ1v) is 5.28. The van der Waals surface area contributed by atoms with Crippen molar-refractivity contribution < 1.29 is 9.53 Å². The van der Waals surface area contributed by atoms with Crippen molar-refractivity contribution in [3.63, 3.8) is 0 Å². The molecule has 17 heavy (non-hydrogen) atoms. The molecule has 0 aliphatic heterocycles. The summed E-state index contributed by atoms with van der Waals surface area (Å²) >= 11 is 0. The van der Waals surface area contributed by atoms with Crippen LogP contribution in [-0.2, 0) is 4.74 Å². The third-order valence-electron chi connectivity index (χ3n) is 2.23. The second-order valence-electron chi connectivity index (χ2n) is 3.49. The maximum atomic E-state index is 11.5. The van der Waals surface area contributed by atoms with E-state index in [4.69, 9.17) is 10.5 Å². The molecule has 5 nitrogen and oxygen atoms in total. The topological polar surface area (TPSA) is 70.1 Å². The Hall–Kier alpha value is -2.30. The Balaban J connectivity index is 2.27. The van der Waals surface area contributed by atoms with Crippen LogP contribution in [0, 0.1) is 0 Å². The normalized spacial score (nSPS) is 10.2. The minimum atomic E-state index is -0.373. The Morgan fingerprint density at radius 3 is 3.06 bits per heavy atom. The summed E-state index contributed by atoms with van der Waals surface area (Å²) in [5.74, 6) is -0.373. The molecule has 0 saturated heterocycles. The molecule has 0 bridgehead atoms. The number of esters is 1. The Morgan fingerprint density at radius 2 is 2.35 bits per heavy atom. The molecule has 0 unspecified atom stereocenters. The lowest BCUT2D eigenvalue weighted by molar-refractivity contribution is 0.0526. The molecule has 0 aliphatic rings. The first-order valence-electron chi connectivity index (χ1n) is 5.28. The van der Waals surface area contributed by atoms with Crippen LogP contribution in [-0.4, -0.2) is 22.4 Å². The number of carbonyl (C=O) groups is 1. The molecule has 0 aliphatic carbocycles. The molecule has 0 fully saturated rings. The van der Waals surface area contributed by atoms with Crippen molar-refractivity contribution >= 4 is 11.7 Å². The standard InChI is InChI=1S/C12H13N3O2/c1-2-17-12(16)9-7-14-15(8-9)11-5-3-4-10(13)6-11/h3-8H,2,13H2,1H3. The third-order valence-corrected chi connectivity index (χ3v) is 2.23. The molecule has 1 heterocycles. The van der Waals surface area contributed by atoms with Crippen molar-refractivity contribution in [1.82, 2.24) is 9.78 Å². The molecule has 0 amide bonds. The van der Waals surface area contributed by atoms with Gasteiger partial charge < -0.3 is 10.5 Å². The zero-order valence-electron chi connectivity index (χ0n) is 9.46. The maximum absolute atomic E-state index is 11.5. The van der Waals surface area contributed by atoms with Crippen molar-refractivity contribution in [2.75, 3.05) is 12.3 Å². The van der Waals surface area contributed by atoms with E-state index in [1.54, 1.807) is 29.9 Å². The first-order chi connectivity index (χ1) is 8.20. The van der Waals surface area contributed by atoms with Gasteiger partial charge in [-0.3, -0.25) is 0 Å². The lowest BCUT2D eigenvalue weighted by Crippen LogP contribution is -2.03. The molecule has 0 spiro atoms. The number of aromatic nitrogens is 2. The number of hydrogen-bond donors (Lipinski definition) is 1. The fourth-order valence-electron chi connectivity index (χ4n) is 1.45. The van der Waals surface area contributed by atoms with E-state index in [-0.39, 0.29) is 5.97 Å². The van der Waals surface area contributed by atoms with Gasteiger partial charge in [-0.1, -0.05) is 6.07 Å². The summed E-state index contributed by atoms with van der Waals surface area (Å²) in [6.07, 6.45) is 3.09. The highest BCUT2D eigenvalue weighted by molar-refractivity contribution is 5.88. The number of rotatable bonds is 3. The summed E-state index contributed by atoms with van der Waals surface area (Å²) in [5.41, 5.74) is 7.56. The van der Waals surface area contributed by atoms with Crippen molar-refractivity contribution in [2.24, 2.45) is 0 Å². The van der Waals surface area contributed by atoms with Crippen LogP contribution in [0.4, 0.5) is 5.69 Å². The van der Waals surface area contributed by atoms with Gasteiger partial charge in [-0.15, -0.1) is 0 Å². The molecule has 0 radical (unpaired) electrons. The number of nitrogens with two attached hydrogens (primary N) is 1. The average molecular weight is 231 g/mol. The fourth-order valence-corrected chi connectivity index (χ4v) is 1.45. The van der Waals surface area contributed by atoms with Gasteiger partial charge in [0.25, 0.3) is 0 Å². The van der Waals surface area contributed by atoms with Crippen LogP contribution in [0.25, 0.3) is 5.69 Å². The highest BCUT2D eigenvalue weighted by Crippen LogP contribution is 2.12. The SMILES string of the molecule is CCOC(=O)c1cnn(-c2cccc(N)c2)c1. The van der Waals surface area contributed by atoms with E-state index < -0.39 is 0 Å². The van der Waals surface area contributed by atoms with Crippen LogP contribution in [0.2, 0.25) is 0 Å². The van der Waals surface area contributed by atoms with Crippen LogP contribution in [0.3, 0.4) is 0 Å². The summed E-state index contributed by atoms with van der Waals surface area (Å²) in [4.78, 5) is 11.5. The largest absolute Gasteiger partial charge is 0.462 e. The Bertz CT molecular complexity index is 534. The molecule has 0 atom stereocenters. The molecule has 5 heteroatoms. The minimum absolute atomic E-state index is 0.350. The average Bonchev–Trinajstić information content (AvgIpc) is 2.78. The van der Waals surface area contributed by atoms with Gasteiger partial charge >= 0.3 is 5.97 Å². The van der Waals surface area contributed by atoms with Crippen LogP contribution in [0.1, 0.15) is 17.3 Å². The molecular formula is C12H13N3O2. The van der Waals surface area contributed by atoms with E-state index in [1.807, 2.05) is 12.1 Å². The van der Waals surface area contributed by atoms with E-state index >= 15 is 0 Å². The molecule has 2 rings (SSSR count). The van der Waals surface area contributed by atoms with Crippen molar-refractivity contribution in [3.8, 4) is 5.69 Å². The van der Waals surface area contributed by atoms with E-state index in [2.05, 4.69) is 5.10 Å². The Labute approximate surface area is 98.8 Å². The highest BCUT2D eigenvalue weighted by atomic mass is 16.5. The summed E-state index contributed by atoms with van der Waals surface area (Å²) in [6.45, 7) is 2.11. The third kappa shape index (κ3) is 2.44. The lowest BCUT2D eigenvalue weighted by atomic mass is 10.3. The zero-order valence-corrected chi connectivity index (χ0v) is 9.46. The second kappa shape index (κ2) is 4.69. The molecule has 88 valence electrons. The van der Waals surface area contributed by atoms with Gasteiger partial charge in [0.05, 0.1) is 24.1 Å². The molecule has 1 aromatic carbocycles. The first kappa shape index (κ1) is 11.2. The van der Waals surface area contributed by atoms with Crippen molar-refractivity contribution in [1.29, 1.82) is 0 Å². The van der Waals surface area contributed by atoms with Crippen LogP contribution in [0.5, 0.6) is 0 Å². The number of nitrogens with zero attached hydrogens (tertiary/aromatic N) is 2. The molecular weight excluding hydrogens is 218 g/mol. The van der Waals surface area contributed by atoms with Gasteiger partial charge in [0.2, 0.25) is 0 Å². The van der Waals surface area contributed by atoms with E-state index in [9.17, 15) is 4.79 Å². The van der Waals surface area contributed by atoms with Gasteiger partial charge in [0, 0.05) is 11.9 Å². The van der Waals surface area contributed by atoms with Gasteiger partial charge in [-0.2, -0.15) is 5.10 Å². The van der Waals surface area contributed by atoms with Gasteiger partial charge in [-0.25, -0.2) is 9.48 Å². The van der Waals surface area contributed by atoms with Gasteiger partial charge in [0.1, 0.15) is 0 Å². The van der Waals surface area contributed by atoms with E-state index in [1.165, 1.54) is 6.20 Å². The monoisotopic (exact) mass is 231 g/mol. The number of anilines is 1. The second-order valence-corrected chi connectivity index (χ2v) is 3.49. The van der Waals surface area contributed by atoms with Crippen LogP contribution < -0.4 is 5.73 Å². The number of nitrogen functional groups attached to an aromatic ring is 1. The minimum Gasteiger partial charge on any atom is -0.462 e. The molecule has 0 saturated carbocycles. The van der Waals surface area contributed by atoms with Gasteiger partial charge in [0.15, 0.2) is 0 Å². The fraction of sp³-hybridized carbons (Fsp3) is 0.167. The predicted molar refractivity (Wildman–Crippen MR) is 63.9 cm³/mol. The van der Waals surface area contributed by atoms with E-state index in [0.29, 0.717) is 17.9 Å². The van der Waals surface area contributed by atoms with Crippen molar-refractivity contribution in [2.45, 2.75) is 6.92 Å². The smallest absolute Gasteiger partial charge is 0.341 e. The zero-order chi connectivity index (χ0) is 12.3. The van der Waals surface area contributed by atoms with Gasteiger partial charge in [-0.05, 0) is 25.1 Å². The van der Waals surface area contributed by atoms with Crippen LogP contribution in [0.15, 0.2) is 36.7 Å². The van der Waals surface area contributed by atoms with Crippen LogP contribution >= 0.6 is 0 Å². The highest BCUT2D eigenvalue weighted by Gasteiger charge is 2.09. The number of hydrogen-bond acceptors (Lipinski definition) is 4. The van der Waals surface area contributed by atoms with E-state index in [0.717, 1.165) is 5.69 Å². The molecule has 2 aromatic rings. The molecule has 1 aromatic heterocycles. The van der Waals surface area contributed by atoms with Crippen molar-refractivity contribution in [3.05, 3.63) is 42.2 Å². The lowest BCUT2D eigenvalue weighted by Gasteiger charge is -2.01. The summed E-state index contributed by atoms with van der Waals surface area (Å²) in [6, 6.07) is 7.26. The summed E-state index contributed by atoms with van der Waals surface area (Å²) in [7, 11) is 0. The maximum Gasteiger partial charge on any atom is 0.341 e. The summed E-state index contributed by atoms with van der Waals surface area (Å²) < 4.78 is 6.47. The number of benzene rings is 1. The summed E-state index contributed by atoms with van der Waals surface area (Å²) in [5, 5.41) is 4.09. The molecule has 2 N–H and O–H groups in total. The Morgan fingerprint density at radius 1 is 1.53 bits per heavy atom. The predicted octanol–water partition coefficient (Wildman–Crippen LogP) is 1.63. The number of carbonyl (C=O) groups excluding carboxylic acids is 1. The number of ether oxygens (including phenoxy) is 1.